The molecular weight excluding hydrogens is 645 g/mol. The summed E-state index contributed by atoms with van der Waals surface area (Å²) in [7, 11) is 0. The van der Waals surface area contributed by atoms with Crippen LogP contribution in [0.5, 0.6) is 0 Å². The number of carbonyl (C=O) groups excluding carboxylic acids is 3. The number of nitrogens with zero attached hydrogens (tertiary/aromatic N) is 6. The Bertz CT molecular complexity index is 1910. The van der Waals surface area contributed by atoms with E-state index >= 15 is 0 Å². The van der Waals surface area contributed by atoms with Crippen LogP contribution in [0.15, 0.2) is 133 Å². The lowest BCUT2D eigenvalue weighted by Crippen LogP contribution is -2.19. The second-order valence-electron chi connectivity index (χ2n) is 10.9. The van der Waals surface area contributed by atoms with E-state index in [0.717, 1.165) is 5.56 Å². The molecule has 0 saturated heterocycles. The summed E-state index contributed by atoms with van der Waals surface area (Å²) in [5, 5.41) is 0. The molecule has 6 aromatic rings. The SMILES string of the molecule is C=C(c1ccccc1)c1nc(C(=O)c2ccccc2)nc(C(=C(C)C)c2nc(C(=O)c3ccccc3)nc(C(=O)c3ccccc3)n2)n1.CS. The number of aromatic nitrogens is 6. The van der Waals surface area contributed by atoms with Crippen molar-refractivity contribution in [3.8, 4) is 0 Å². The summed E-state index contributed by atoms with van der Waals surface area (Å²) in [6.07, 6.45) is 1.69. The maximum absolute atomic E-state index is 13.7. The normalized spacial score (nSPS) is 10.3. The van der Waals surface area contributed by atoms with Crippen LogP contribution in [0.2, 0.25) is 0 Å². The third-order valence-electron chi connectivity index (χ3n) is 7.33. The Kier molecular flexibility index (Phi) is 11.4. The number of benzene rings is 4. The minimum absolute atomic E-state index is 0.0101. The molecule has 0 unspecified atom stereocenters. The van der Waals surface area contributed by atoms with Crippen LogP contribution in [-0.4, -0.2) is 53.5 Å². The average molecular weight is 677 g/mol. The molecule has 0 aliphatic carbocycles. The Morgan fingerprint density at radius 3 is 1.00 bits per heavy atom. The lowest BCUT2D eigenvalue weighted by atomic mass is 10.1. The van der Waals surface area contributed by atoms with Crippen molar-refractivity contribution in [1.29, 1.82) is 0 Å². The third kappa shape index (κ3) is 7.88. The molecule has 0 spiro atoms. The minimum atomic E-state index is -0.497. The van der Waals surface area contributed by atoms with Crippen molar-refractivity contribution in [2.45, 2.75) is 13.8 Å². The van der Waals surface area contributed by atoms with Gasteiger partial charge in [-0.25, -0.2) is 29.9 Å². The number of allylic oxidation sites excluding steroid dienone is 1. The summed E-state index contributed by atoms with van der Waals surface area (Å²) >= 11 is 3.53. The second kappa shape index (κ2) is 16.2. The van der Waals surface area contributed by atoms with Crippen molar-refractivity contribution >= 4 is 41.1 Å². The van der Waals surface area contributed by atoms with Crippen LogP contribution >= 0.6 is 12.6 Å². The Hall–Kier alpha value is -6.26. The first kappa shape index (κ1) is 35.1. The standard InChI is InChI=1S/C39H28N6O3.CH4S/c1-24(2)30(35-40-34(25(3)26-16-8-4-9-17-26)41-37(42-35)31(46)27-18-10-5-11-19-27)36-43-38(32(47)28-20-12-6-13-21-28)45-39(44-36)33(48)29-22-14-7-15-23-29;1-2/h4-23H,3H2,1-2H3;2H,1H3. The topological polar surface area (TPSA) is 129 Å². The molecule has 6 rings (SSSR count). The minimum Gasteiger partial charge on any atom is -0.285 e. The monoisotopic (exact) mass is 676 g/mol. The first-order valence-electron chi connectivity index (χ1n) is 15.5. The van der Waals surface area contributed by atoms with E-state index in [1.165, 1.54) is 0 Å². The fourth-order valence-electron chi connectivity index (χ4n) is 4.89. The number of hydrogen-bond donors (Lipinski definition) is 1. The van der Waals surface area contributed by atoms with Gasteiger partial charge < -0.3 is 0 Å². The van der Waals surface area contributed by atoms with Crippen LogP contribution in [0.1, 0.15) is 85.4 Å². The Morgan fingerprint density at radius 2 is 0.680 bits per heavy atom. The van der Waals surface area contributed by atoms with Gasteiger partial charge in [0.05, 0.1) is 5.57 Å². The summed E-state index contributed by atoms with van der Waals surface area (Å²) in [6.45, 7) is 7.81. The second-order valence-corrected chi connectivity index (χ2v) is 10.9. The van der Waals surface area contributed by atoms with Gasteiger partial charge in [0, 0.05) is 22.3 Å². The van der Waals surface area contributed by atoms with Crippen molar-refractivity contribution in [3.63, 3.8) is 0 Å². The van der Waals surface area contributed by atoms with Crippen molar-refractivity contribution in [2.24, 2.45) is 0 Å². The molecule has 0 bridgehead atoms. The maximum Gasteiger partial charge on any atom is 0.230 e. The van der Waals surface area contributed by atoms with Gasteiger partial charge in [-0.2, -0.15) is 12.6 Å². The molecule has 10 heteroatoms. The van der Waals surface area contributed by atoms with E-state index in [1.807, 2.05) is 36.4 Å². The smallest absolute Gasteiger partial charge is 0.230 e. The summed E-state index contributed by atoms with van der Waals surface area (Å²) < 4.78 is 0. The molecule has 50 heavy (non-hydrogen) atoms. The third-order valence-corrected chi connectivity index (χ3v) is 7.33. The van der Waals surface area contributed by atoms with Gasteiger partial charge in [-0.15, -0.1) is 0 Å². The zero-order chi connectivity index (χ0) is 35.6. The Balaban J connectivity index is 0.00000239. The van der Waals surface area contributed by atoms with Gasteiger partial charge in [-0.1, -0.05) is 133 Å². The highest BCUT2D eigenvalue weighted by Gasteiger charge is 2.26. The molecule has 0 fully saturated rings. The van der Waals surface area contributed by atoms with Crippen LogP contribution in [0, 0.1) is 0 Å². The Morgan fingerprint density at radius 1 is 0.420 bits per heavy atom. The summed E-state index contributed by atoms with van der Waals surface area (Å²) in [5.74, 6) is -1.77. The summed E-state index contributed by atoms with van der Waals surface area (Å²) in [5.41, 5.74) is 3.22. The van der Waals surface area contributed by atoms with E-state index < -0.39 is 17.3 Å². The molecule has 246 valence electrons. The van der Waals surface area contributed by atoms with Gasteiger partial charge in [-0.05, 0) is 25.7 Å². The number of rotatable bonds is 10. The molecule has 9 nitrogen and oxygen atoms in total. The average Bonchev–Trinajstić information content (AvgIpc) is 3.18. The van der Waals surface area contributed by atoms with Crippen LogP contribution in [-0.2, 0) is 0 Å². The van der Waals surface area contributed by atoms with Crippen molar-refractivity contribution in [1.82, 2.24) is 29.9 Å². The summed E-state index contributed by atoms with van der Waals surface area (Å²) in [6, 6.07) is 35.0. The molecule has 0 N–H and O–H groups in total. The highest BCUT2D eigenvalue weighted by molar-refractivity contribution is 7.79. The number of ketones is 3. The van der Waals surface area contributed by atoms with Gasteiger partial charge >= 0.3 is 0 Å². The van der Waals surface area contributed by atoms with Crippen molar-refractivity contribution < 1.29 is 14.4 Å². The highest BCUT2D eigenvalue weighted by Crippen LogP contribution is 2.26. The zero-order valence-corrected chi connectivity index (χ0v) is 28.5. The fourth-order valence-corrected chi connectivity index (χ4v) is 4.89. The predicted octanol–water partition coefficient (Wildman–Crippen LogP) is 7.20. The van der Waals surface area contributed by atoms with Crippen LogP contribution in [0.25, 0.3) is 11.1 Å². The molecular formula is C40H32N6O3S. The van der Waals surface area contributed by atoms with E-state index in [-0.39, 0.29) is 34.9 Å². The van der Waals surface area contributed by atoms with Gasteiger partial charge in [-0.3, -0.25) is 14.4 Å². The molecule has 0 radical (unpaired) electrons. The molecule has 0 atom stereocenters. The van der Waals surface area contributed by atoms with Gasteiger partial charge in [0.25, 0.3) is 0 Å². The van der Waals surface area contributed by atoms with E-state index in [9.17, 15) is 14.4 Å². The molecule has 0 amide bonds. The largest absolute Gasteiger partial charge is 0.285 e. The first-order valence-corrected chi connectivity index (χ1v) is 16.4. The van der Waals surface area contributed by atoms with Crippen LogP contribution < -0.4 is 0 Å². The first-order chi connectivity index (χ1) is 24.3. The molecule has 2 aromatic heterocycles. The lowest BCUT2D eigenvalue weighted by molar-refractivity contribution is 0.101. The van der Waals surface area contributed by atoms with E-state index in [1.54, 1.807) is 105 Å². The van der Waals surface area contributed by atoms with E-state index in [4.69, 9.17) is 4.98 Å². The predicted molar refractivity (Wildman–Crippen MR) is 196 cm³/mol. The molecule has 4 aromatic carbocycles. The molecule has 0 aliphatic rings. The number of thiol groups is 1. The fraction of sp³-hybridized carbons (Fsp3) is 0.0750. The van der Waals surface area contributed by atoms with E-state index in [2.05, 4.69) is 44.1 Å². The molecule has 0 saturated carbocycles. The Labute approximate surface area is 295 Å². The molecule has 0 aliphatic heterocycles. The van der Waals surface area contributed by atoms with Crippen molar-refractivity contribution in [2.75, 3.05) is 6.26 Å². The van der Waals surface area contributed by atoms with Crippen LogP contribution in [0.3, 0.4) is 0 Å². The van der Waals surface area contributed by atoms with Gasteiger partial charge in [0.1, 0.15) is 0 Å². The van der Waals surface area contributed by atoms with E-state index in [0.29, 0.717) is 33.4 Å². The lowest BCUT2D eigenvalue weighted by Gasteiger charge is -2.13. The van der Waals surface area contributed by atoms with Gasteiger partial charge in [0.15, 0.2) is 17.5 Å². The number of carbonyl (C=O) groups is 3. The quantitative estimate of drug-likeness (QED) is 0.118. The van der Waals surface area contributed by atoms with Crippen LogP contribution in [0.4, 0.5) is 0 Å². The summed E-state index contributed by atoms with van der Waals surface area (Å²) in [4.78, 5) is 68.4. The van der Waals surface area contributed by atoms with Gasteiger partial charge in [0.2, 0.25) is 34.8 Å². The maximum atomic E-state index is 13.7. The highest BCUT2D eigenvalue weighted by atomic mass is 32.1. The van der Waals surface area contributed by atoms with Crippen molar-refractivity contribution in [3.05, 3.63) is 191 Å². The molecule has 2 heterocycles. The zero-order valence-electron chi connectivity index (χ0n) is 27.6. The number of hydrogen-bond acceptors (Lipinski definition) is 10.